The van der Waals surface area contributed by atoms with Crippen LogP contribution in [-0.2, 0) is 10.0 Å². The van der Waals surface area contributed by atoms with Gasteiger partial charge in [0.15, 0.2) is 11.5 Å². The molecule has 0 atom stereocenters. The zero-order chi connectivity index (χ0) is 15.1. The quantitative estimate of drug-likeness (QED) is 0.874. The highest BCUT2D eigenvalue weighted by Crippen LogP contribution is 2.37. The van der Waals surface area contributed by atoms with Crippen molar-refractivity contribution < 1.29 is 17.9 Å². The van der Waals surface area contributed by atoms with Crippen LogP contribution in [0.5, 0.6) is 11.5 Å². The summed E-state index contributed by atoms with van der Waals surface area (Å²) in [7, 11) is -3.63. The fourth-order valence-corrected chi connectivity index (χ4v) is 4.77. The van der Waals surface area contributed by atoms with E-state index in [1.165, 1.54) is 6.07 Å². The van der Waals surface area contributed by atoms with Crippen LogP contribution in [0.3, 0.4) is 0 Å². The van der Waals surface area contributed by atoms with Crippen LogP contribution in [0, 0.1) is 6.92 Å². The van der Waals surface area contributed by atoms with Gasteiger partial charge in [0, 0.05) is 18.2 Å². The van der Waals surface area contributed by atoms with Gasteiger partial charge in [-0.3, -0.25) is 0 Å². The number of nitrogens with two attached hydrogens (primary N) is 1. The Morgan fingerprint density at radius 2 is 1.86 bits per heavy atom. The average Bonchev–Trinajstić information content (AvgIpc) is 3.06. The van der Waals surface area contributed by atoms with E-state index in [9.17, 15) is 8.42 Å². The first kappa shape index (κ1) is 14.6. The molecule has 1 aromatic rings. The van der Waals surface area contributed by atoms with Gasteiger partial charge in [0.25, 0.3) is 0 Å². The summed E-state index contributed by atoms with van der Waals surface area (Å²) in [5.74, 6) is 1.05. The third-order valence-corrected chi connectivity index (χ3v) is 5.98. The molecule has 6 nitrogen and oxygen atoms in total. The molecule has 0 bridgehead atoms. The van der Waals surface area contributed by atoms with E-state index in [-0.39, 0.29) is 11.7 Å². The maximum atomic E-state index is 12.7. The van der Waals surface area contributed by atoms with E-state index in [2.05, 4.69) is 4.72 Å². The lowest BCUT2D eigenvalue weighted by Crippen LogP contribution is -2.51. The van der Waals surface area contributed by atoms with Crippen molar-refractivity contribution in [1.82, 2.24) is 4.72 Å². The first-order valence-electron chi connectivity index (χ1n) is 7.10. The van der Waals surface area contributed by atoms with Crippen LogP contribution in [0.1, 0.15) is 31.2 Å². The maximum Gasteiger partial charge on any atom is 0.241 e. The highest BCUT2D eigenvalue weighted by atomic mass is 32.2. The van der Waals surface area contributed by atoms with Crippen molar-refractivity contribution in [1.29, 1.82) is 0 Å². The molecule has 0 aromatic heterocycles. The summed E-state index contributed by atoms with van der Waals surface area (Å²) in [5, 5.41) is 0. The van der Waals surface area contributed by atoms with Crippen molar-refractivity contribution in [3.05, 3.63) is 17.7 Å². The maximum absolute atomic E-state index is 12.7. The van der Waals surface area contributed by atoms with E-state index in [0.717, 1.165) is 25.7 Å². The van der Waals surface area contributed by atoms with Gasteiger partial charge in [0.2, 0.25) is 16.8 Å². The number of sulfonamides is 1. The smallest absolute Gasteiger partial charge is 0.241 e. The van der Waals surface area contributed by atoms with Gasteiger partial charge in [-0.2, -0.15) is 0 Å². The fourth-order valence-electron chi connectivity index (χ4n) is 3.05. The molecule has 0 saturated heterocycles. The van der Waals surface area contributed by atoms with Crippen molar-refractivity contribution in [3.63, 3.8) is 0 Å². The minimum absolute atomic E-state index is 0.123. The number of benzene rings is 1. The zero-order valence-corrected chi connectivity index (χ0v) is 12.8. The summed E-state index contributed by atoms with van der Waals surface area (Å²) in [5.41, 5.74) is 5.93. The predicted octanol–water partition coefficient (Wildman–Crippen LogP) is 1.27. The Morgan fingerprint density at radius 1 is 1.24 bits per heavy atom. The first-order valence-corrected chi connectivity index (χ1v) is 8.58. The molecule has 1 saturated carbocycles. The van der Waals surface area contributed by atoms with Gasteiger partial charge in [-0.1, -0.05) is 12.8 Å². The highest BCUT2D eigenvalue weighted by molar-refractivity contribution is 7.89. The SMILES string of the molecule is Cc1cc2c(cc1S(=O)(=O)NC1(CN)CCCC1)OCO2. The van der Waals surface area contributed by atoms with Crippen LogP contribution in [0.25, 0.3) is 0 Å². The van der Waals surface area contributed by atoms with Gasteiger partial charge in [-0.05, 0) is 31.4 Å². The third-order valence-electron chi connectivity index (χ3n) is 4.26. The van der Waals surface area contributed by atoms with Gasteiger partial charge in [0.05, 0.1) is 4.90 Å². The number of hydrogen-bond acceptors (Lipinski definition) is 5. The Morgan fingerprint density at radius 3 is 2.48 bits per heavy atom. The number of ether oxygens (including phenoxy) is 2. The molecular formula is C14H20N2O4S. The minimum Gasteiger partial charge on any atom is -0.454 e. The molecule has 0 unspecified atom stereocenters. The monoisotopic (exact) mass is 312 g/mol. The van der Waals surface area contributed by atoms with Gasteiger partial charge in [-0.25, -0.2) is 13.1 Å². The molecule has 0 spiro atoms. The standard InChI is InChI=1S/C14H20N2O4S/c1-10-6-11-12(20-9-19-11)7-13(10)21(17,18)16-14(8-15)4-2-3-5-14/h6-7,16H,2-5,8-9,15H2,1H3. The van der Waals surface area contributed by atoms with Crippen molar-refractivity contribution in [2.45, 2.75) is 43.0 Å². The summed E-state index contributed by atoms with van der Waals surface area (Å²) in [4.78, 5) is 0.228. The van der Waals surface area contributed by atoms with E-state index in [1.54, 1.807) is 13.0 Å². The number of hydrogen-bond donors (Lipinski definition) is 2. The van der Waals surface area contributed by atoms with Gasteiger partial charge in [0.1, 0.15) is 0 Å². The van der Waals surface area contributed by atoms with Crippen LogP contribution in [-0.4, -0.2) is 27.3 Å². The van der Waals surface area contributed by atoms with E-state index in [4.69, 9.17) is 15.2 Å². The molecule has 3 rings (SSSR count). The van der Waals surface area contributed by atoms with Crippen LogP contribution >= 0.6 is 0 Å². The molecule has 3 N–H and O–H groups in total. The normalized spacial score (nSPS) is 19.9. The minimum atomic E-state index is -3.63. The fraction of sp³-hybridized carbons (Fsp3) is 0.571. The second-order valence-electron chi connectivity index (χ2n) is 5.77. The highest BCUT2D eigenvalue weighted by Gasteiger charge is 2.37. The molecule has 1 heterocycles. The topological polar surface area (TPSA) is 90.7 Å². The first-order chi connectivity index (χ1) is 9.96. The second kappa shape index (κ2) is 5.15. The molecule has 0 amide bonds. The number of aryl methyl sites for hydroxylation is 1. The summed E-state index contributed by atoms with van der Waals surface area (Å²) >= 11 is 0. The Kier molecular flexibility index (Phi) is 3.59. The van der Waals surface area contributed by atoms with Crippen molar-refractivity contribution in [2.24, 2.45) is 5.73 Å². The Balaban J connectivity index is 1.95. The van der Waals surface area contributed by atoms with Gasteiger partial charge < -0.3 is 15.2 Å². The summed E-state index contributed by atoms with van der Waals surface area (Å²) in [6.45, 7) is 2.19. The van der Waals surface area contributed by atoms with Gasteiger partial charge >= 0.3 is 0 Å². The Hall–Kier alpha value is -1.31. The Labute approximate surface area is 124 Å². The van der Waals surface area contributed by atoms with E-state index in [1.807, 2.05) is 0 Å². The molecule has 2 aliphatic rings. The lowest BCUT2D eigenvalue weighted by Gasteiger charge is -2.28. The third kappa shape index (κ3) is 2.61. The lowest BCUT2D eigenvalue weighted by molar-refractivity contribution is 0.174. The molecule has 21 heavy (non-hydrogen) atoms. The Bertz CT molecular complexity index is 651. The summed E-state index contributed by atoms with van der Waals surface area (Å²) in [6.07, 6.45) is 3.57. The molecule has 1 aliphatic heterocycles. The van der Waals surface area contributed by atoms with Crippen molar-refractivity contribution in [2.75, 3.05) is 13.3 Å². The second-order valence-corrected chi connectivity index (χ2v) is 7.42. The van der Waals surface area contributed by atoms with Crippen molar-refractivity contribution >= 4 is 10.0 Å². The largest absolute Gasteiger partial charge is 0.454 e. The lowest BCUT2D eigenvalue weighted by atomic mass is 10.0. The summed E-state index contributed by atoms with van der Waals surface area (Å²) in [6, 6.07) is 3.22. The molecule has 1 aromatic carbocycles. The zero-order valence-electron chi connectivity index (χ0n) is 12.0. The van der Waals surface area contributed by atoms with Crippen LogP contribution in [0.2, 0.25) is 0 Å². The average molecular weight is 312 g/mol. The van der Waals surface area contributed by atoms with E-state index in [0.29, 0.717) is 23.6 Å². The van der Waals surface area contributed by atoms with E-state index >= 15 is 0 Å². The molecule has 0 radical (unpaired) electrons. The molecule has 7 heteroatoms. The van der Waals surface area contributed by atoms with E-state index < -0.39 is 15.6 Å². The van der Waals surface area contributed by atoms with Crippen LogP contribution in [0.15, 0.2) is 17.0 Å². The van der Waals surface area contributed by atoms with Crippen molar-refractivity contribution in [3.8, 4) is 11.5 Å². The molecular weight excluding hydrogens is 292 g/mol. The predicted molar refractivity (Wildman–Crippen MR) is 77.9 cm³/mol. The number of rotatable bonds is 4. The molecule has 1 fully saturated rings. The van der Waals surface area contributed by atoms with Crippen LogP contribution in [0.4, 0.5) is 0 Å². The number of nitrogens with one attached hydrogen (secondary N) is 1. The summed E-state index contributed by atoms with van der Waals surface area (Å²) < 4.78 is 38.8. The molecule has 1 aliphatic carbocycles. The molecule has 116 valence electrons. The van der Waals surface area contributed by atoms with Gasteiger partial charge in [-0.15, -0.1) is 0 Å². The number of fused-ring (bicyclic) bond motifs is 1. The van der Waals surface area contributed by atoms with Crippen LogP contribution < -0.4 is 19.9 Å².